The molecule has 5 N–H and O–H groups in total. The van der Waals surface area contributed by atoms with Gasteiger partial charge in [-0.1, -0.05) is 26.8 Å². The van der Waals surface area contributed by atoms with Crippen LogP contribution in [0.15, 0.2) is 18.2 Å². The van der Waals surface area contributed by atoms with Crippen molar-refractivity contribution in [3.63, 3.8) is 0 Å². The van der Waals surface area contributed by atoms with E-state index in [9.17, 15) is 10.2 Å². The maximum atomic E-state index is 10.2. The smallest absolute Gasteiger partial charge is 0.138 e. The van der Waals surface area contributed by atoms with Crippen molar-refractivity contribution in [2.24, 2.45) is 11.1 Å². The molecule has 1 aromatic rings. The summed E-state index contributed by atoms with van der Waals surface area (Å²) in [7, 11) is 1.72. The van der Waals surface area contributed by atoms with E-state index >= 15 is 0 Å². The molecule has 4 heteroatoms. The zero-order chi connectivity index (χ0) is 13.2. The predicted octanol–water partition coefficient (Wildman–Crippen LogP) is 1.84. The van der Waals surface area contributed by atoms with Crippen molar-refractivity contribution >= 4 is 5.69 Å². The van der Waals surface area contributed by atoms with Crippen molar-refractivity contribution in [1.29, 1.82) is 0 Å². The maximum Gasteiger partial charge on any atom is 0.138 e. The molecule has 2 unspecified atom stereocenters. The summed E-state index contributed by atoms with van der Waals surface area (Å²) in [5.74, 6) is 0.160. The van der Waals surface area contributed by atoms with Crippen LogP contribution in [-0.4, -0.2) is 23.3 Å². The molecule has 0 aliphatic heterocycles. The second-order valence-corrected chi connectivity index (χ2v) is 5.36. The van der Waals surface area contributed by atoms with Crippen molar-refractivity contribution in [2.75, 3.05) is 12.4 Å². The van der Waals surface area contributed by atoms with Gasteiger partial charge in [-0.2, -0.15) is 0 Å². The molecule has 4 nitrogen and oxygen atoms in total. The Morgan fingerprint density at radius 2 is 1.88 bits per heavy atom. The highest BCUT2D eigenvalue weighted by Gasteiger charge is 2.28. The van der Waals surface area contributed by atoms with Crippen LogP contribution in [0, 0.1) is 5.41 Å². The lowest BCUT2D eigenvalue weighted by atomic mass is 9.82. The van der Waals surface area contributed by atoms with Gasteiger partial charge in [0, 0.05) is 13.1 Å². The topological polar surface area (TPSA) is 78.5 Å². The lowest BCUT2D eigenvalue weighted by Gasteiger charge is -2.31. The first-order valence-corrected chi connectivity index (χ1v) is 5.71. The third-order valence-electron chi connectivity index (χ3n) is 2.97. The van der Waals surface area contributed by atoms with E-state index in [0.29, 0.717) is 11.3 Å². The molecule has 0 fully saturated rings. The summed E-state index contributed by atoms with van der Waals surface area (Å²) in [4.78, 5) is 0. The van der Waals surface area contributed by atoms with Crippen LogP contribution in [0.2, 0.25) is 0 Å². The number of hydrogen-bond acceptors (Lipinski definition) is 4. The summed E-state index contributed by atoms with van der Waals surface area (Å²) in [5.41, 5.74) is 7.13. The van der Waals surface area contributed by atoms with Crippen LogP contribution in [0.5, 0.6) is 5.75 Å². The molecular formula is C13H22N2O2. The Bertz CT molecular complexity index is 385. The fourth-order valence-corrected chi connectivity index (χ4v) is 1.62. The maximum absolute atomic E-state index is 10.2. The zero-order valence-electron chi connectivity index (χ0n) is 10.9. The van der Waals surface area contributed by atoms with Crippen LogP contribution in [0.4, 0.5) is 5.69 Å². The normalized spacial score (nSPS) is 15.4. The van der Waals surface area contributed by atoms with Gasteiger partial charge in [0.2, 0.25) is 0 Å². The molecule has 0 aliphatic rings. The Morgan fingerprint density at radius 1 is 1.29 bits per heavy atom. The van der Waals surface area contributed by atoms with Gasteiger partial charge in [-0.3, -0.25) is 0 Å². The van der Waals surface area contributed by atoms with E-state index in [0.717, 1.165) is 0 Å². The van der Waals surface area contributed by atoms with Crippen LogP contribution >= 0.6 is 0 Å². The first kappa shape index (κ1) is 13.8. The number of aliphatic hydroxyl groups excluding tert-OH is 1. The van der Waals surface area contributed by atoms with Gasteiger partial charge in [-0.25, -0.2) is 0 Å². The molecular weight excluding hydrogens is 216 g/mol. The Hall–Kier alpha value is -1.26. The molecule has 0 saturated carbocycles. The average Bonchev–Trinajstić information content (AvgIpc) is 2.26. The summed E-state index contributed by atoms with van der Waals surface area (Å²) in [6.45, 7) is 5.96. The minimum Gasteiger partial charge on any atom is -0.506 e. The summed E-state index contributed by atoms with van der Waals surface area (Å²) in [6.07, 6.45) is -0.748. The first-order valence-electron chi connectivity index (χ1n) is 5.71. The van der Waals surface area contributed by atoms with Crippen molar-refractivity contribution in [1.82, 2.24) is 0 Å². The number of benzene rings is 1. The average molecular weight is 238 g/mol. The Labute approximate surface area is 102 Å². The molecule has 0 aromatic heterocycles. The van der Waals surface area contributed by atoms with Crippen LogP contribution in [0.3, 0.4) is 0 Å². The lowest BCUT2D eigenvalue weighted by Crippen LogP contribution is -2.40. The van der Waals surface area contributed by atoms with Crippen molar-refractivity contribution in [3.05, 3.63) is 23.8 Å². The number of nitrogens with one attached hydrogen (secondary N) is 1. The molecule has 0 bridgehead atoms. The van der Waals surface area contributed by atoms with E-state index in [1.807, 2.05) is 20.8 Å². The number of rotatable bonds is 3. The largest absolute Gasteiger partial charge is 0.506 e. The van der Waals surface area contributed by atoms with Gasteiger partial charge < -0.3 is 21.3 Å². The fraction of sp³-hybridized carbons (Fsp3) is 0.538. The third-order valence-corrected chi connectivity index (χ3v) is 2.97. The minimum atomic E-state index is -0.748. The number of aromatic hydroxyl groups is 1. The number of aliphatic hydroxyl groups is 1. The molecule has 0 spiro atoms. The van der Waals surface area contributed by atoms with Crippen molar-refractivity contribution in [2.45, 2.75) is 32.9 Å². The first-order chi connectivity index (χ1) is 7.77. The summed E-state index contributed by atoms with van der Waals surface area (Å²) >= 11 is 0. The van der Waals surface area contributed by atoms with E-state index in [1.54, 1.807) is 25.2 Å². The van der Waals surface area contributed by atoms with Crippen LogP contribution in [0.25, 0.3) is 0 Å². The summed E-state index contributed by atoms with van der Waals surface area (Å²) in [5, 5.41) is 22.6. The standard InChI is InChI=1S/C13H22N2O2/c1-13(2,3)12(14)11(17)8-5-6-10(16)9(7-8)15-4/h5-7,11-12,15-17H,14H2,1-4H3. The number of phenolic OH excluding ortho intramolecular Hbond substituents is 1. The van der Waals surface area contributed by atoms with E-state index in [1.165, 1.54) is 0 Å². The van der Waals surface area contributed by atoms with Gasteiger partial charge in [-0.05, 0) is 23.1 Å². The van der Waals surface area contributed by atoms with Gasteiger partial charge in [0.1, 0.15) is 5.75 Å². The molecule has 1 aromatic carbocycles. The van der Waals surface area contributed by atoms with Gasteiger partial charge in [0.25, 0.3) is 0 Å². The van der Waals surface area contributed by atoms with Crippen LogP contribution in [-0.2, 0) is 0 Å². The SMILES string of the molecule is CNc1cc(C(O)C(N)C(C)(C)C)ccc1O. The molecule has 0 heterocycles. The van der Waals surface area contributed by atoms with E-state index in [-0.39, 0.29) is 17.2 Å². The molecule has 0 radical (unpaired) electrons. The van der Waals surface area contributed by atoms with E-state index < -0.39 is 6.10 Å². The molecule has 96 valence electrons. The highest BCUT2D eigenvalue weighted by Crippen LogP contribution is 2.32. The highest BCUT2D eigenvalue weighted by molar-refractivity contribution is 5.57. The molecule has 0 aliphatic carbocycles. The Morgan fingerprint density at radius 3 is 2.35 bits per heavy atom. The quantitative estimate of drug-likeness (QED) is 0.606. The Kier molecular flexibility index (Phi) is 4.01. The second-order valence-electron chi connectivity index (χ2n) is 5.36. The number of anilines is 1. The van der Waals surface area contributed by atoms with Crippen LogP contribution < -0.4 is 11.1 Å². The summed E-state index contributed by atoms with van der Waals surface area (Å²) in [6, 6.07) is 4.59. The molecule has 0 saturated heterocycles. The summed E-state index contributed by atoms with van der Waals surface area (Å²) < 4.78 is 0. The zero-order valence-corrected chi connectivity index (χ0v) is 10.9. The highest BCUT2D eigenvalue weighted by atomic mass is 16.3. The lowest BCUT2D eigenvalue weighted by molar-refractivity contribution is 0.0926. The van der Waals surface area contributed by atoms with Gasteiger partial charge >= 0.3 is 0 Å². The van der Waals surface area contributed by atoms with Crippen LogP contribution in [0.1, 0.15) is 32.4 Å². The number of nitrogens with two attached hydrogens (primary N) is 1. The third kappa shape index (κ3) is 3.11. The van der Waals surface area contributed by atoms with Gasteiger partial charge in [0.15, 0.2) is 0 Å². The molecule has 2 atom stereocenters. The molecule has 0 amide bonds. The fourth-order valence-electron chi connectivity index (χ4n) is 1.62. The van der Waals surface area contributed by atoms with Crippen molar-refractivity contribution in [3.8, 4) is 5.75 Å². The minimum absolute atomic E-state index is 0.160. The van der Waals surface area contributed by atoms with Gasteiger partial charge in [-0.15, -0.1) is 0 Å². The molecule has 1 rings (SSSR count). The predicted molar refractivity (Wildman–Crippen MR) is 70.0 cm³/mol. The number of phenols is 1. The Balaban J connectivity index is 3.00. The van der Waals surface area contributed by atoms with E-state index in [4.69, 9.17) is 5.73 Å². The molecule has 17 heavy (non-hydrogen) atoms. The van der Waals surface area contributed by atoms with Gasteiger partial charge in [0.05, 0.1) is 11.8 Å². The monoisotopic (exact) mass is 238 g/mol. The second kappa shape index (κ2) is 4.94. The number of hydrogen-bond donors (Lipinski definition) is 4. The van der Waals surface area contributed by atoms with E-state index in [2.05, 4.69) is 5.32 Å². The van der Waals surface area contributed by atoms with Crippen molar-refractivity contribution < 1.29 is 10.2 Å².